The summed E-state index contributed by atoms with van der Waals surface area (Å²) in [5, 5.41) is 11.8. The summed E-state index contributed by atoms with van der Waals surface area (Å²) >= 11 is 0. The van der Waals surface area contributed by atoms with Crippen LogP contribution in [-0.4, -0.2) is 50.4 Å². The predicted octanol–water partition coefficient (Wildman–Crippen LogP) is 4.06. The topological polar surface area (TPSA) is 93.0 Å². The first kappa shape index (κ1) is 22.5. The summed E-state index contributed by atoms with van der Waals surface area (Å²) in [4.78, 5) is 13.3. The van der Waals surface area contributed by atoms with Crippen molar-refractivity contribution in [2.24, 2.45) is 5.92 Å². The van der Waals surface area contributed by atoms with Crippen molar-refractivity contribution in [3.63, 3.8) is 0 Å². The summed E-state index contributed by atoms with van der Waals surface area (Å²) in [5.74, 6) is 1.22. The van der Waals surface area contributed by atoms with Crippen molar-refractivity contribution in [3.8, 4) is 5.75 Å². The molecule has 2 fully saturated rings. The Balaban J connectivity index is 1.44. The van der Waals surface area contributed by atoms with Crippen molar-refractivity contribution >= 4 is 21.4 Å². The van der Waals surface area contributed by atoms with Crippen LogP contribution in [0.1, 0.15) is 32.1 Å². The van der Waals surface area contributed by atoms with E-state index in [4.69, 9.17) is 4.74 Å². The normalized spacial score (nSPS) is 18.4. The molecule has 4 rings (SSSR count). The van der Waals surface area contributed by atoms with Gasteiger partial charge in [0.25, 0.3) is 5.69 Å². The molecule has 0 amide bonds. The van der Waals surface area contributed by atoms with Crippen LogP contribution in [0, 0.1) is 16.0 Å². The van der Waals surface area contributed by atoms with Crippen molar-refractivity contribution in [2.75, 3.05) is 37.7 Å². The van der Waals surface area contributed by atoms with Crippen LogP contribution < -0.4 is 9.64 Å². The number of ether oxygens (including phenoxy) is 1. The van der Waals surface area contributed by atoms with Gasteiger partial charge in [0.15, 0.2) is 0 Å². The molecule has 2 heterocycles. The SMILES string of the molecule is O=[N+]([O-])c1cc(S(=O)(=O)N2CCCCC2)ccc1N1CCC(COc2ccccc2)CC1. The zero-order valence-corrected chi connectivity index (χ0v) is 18.9. The summed E-state index contributed by atoms with van der Waals surface area (Å²) in [6.45, 7) is 2.89. The molecule has 2 aliphatic heterocycles. The minimum absolute atomic E-state index is 0.000923. The van der Waals surface area contributed by atoms with Crippen LogP contribution in [0.15, 0.2) is 53.4 Å². The van der Waals surface area contributed by atoms with Gasteiger partial charge in [-0.05, 0) is 55.9 Å². The van der Waals surface area contributed by atoms with Gasteiger partial charge < -0.3 is 9.64 Å². The molecule has 172 valence electrons. The van der Waals surface area contributed by atoms with E-state index < -0.39 is 14.9 Å². The van der Waals surface area contributed by atoms with Crippen LogP contribution in [0.5, 0.6) is 5.75 Å². The highest BCUT2D eigenvalue weighted by molar-refractivity contribution is 7.89. The Hall–Kier alpha value is -2.65. The Morgan fingerprint density at radius 3 is 2.31 bits per heavy atom. The van der Waals surface area contributed by atoms with Crippen LogP contribution in [-0.2, 0) is 10.0 Å². The van der Waals surface area contributed by atoms with Crippen molar-refractivity contribution in [3.05, 3.63) is 58.6 Å². The number of anilines is 1. The van der Waals surface area contributed by atoms with Crippen molar-refractivity contribution in [1.29, 1.82) is 0 Å². The summed E-state index contributed by atoms with van der Waals surface area (Å²) in [6.07, 6.45) is 4.37. The standard InChI is InChI=1S/C23H29N3O5S/c27-26(28)23-17-21(32(29,30)25-13-5-2-6-14-25)9-10-22(23)24-15-11-19(12-16-24)18-31-20-7-3-1-4-8-20/h1,3-4,7-10,17,19H,2,5-6,11-16,18H2. The largest absolute Gasteiger partial charge is 0.493 e. The maximum atomic E-state index is 13.0. The van der Waals surface area contributed by atoms with Crippen molar-refractivity contribution < 1.29 is 18.1 Å². The van der Waals surface area contributed by atoms with Gasteiger partial charge in [-0.2, -0.15) is 4.31 Å². The minimum atomic E-state index is -3.71. The Kier molecular flexibility index (Phi) is 6.95. The van der Waals surface area contributed by atoms with Crippen LogP contribution in [0.4, 0.5) is 11.4 Å². The number of rotatable bonds is 7. The number of nitro groups is 1. The van der Waals surface area contributed by atoms with Gasteiger partial charge in [0, 0.05) is 32.2 Å². The lowest BCUT2D eigenvalue weighted by molar-refractivity contribution is -0.384. The quantitative estimate of drug-likeness (QED) is 0.458. The Morgan fingerprint density at radius 1 is 0.969 bits per heavy atom. The average molecular weight is 460 g/mol. The van der Waals surface area contributed by atoms with Crippen LogP contribution >= 0.6 is 0 Å². The van der Waals surface area contributed by atoms with Gasteiger partial charge in [0.2, 0.25) is 10.0 Å². The highest BCUT2D eigenvalue weighted by atomic mass is 32.2. The fourth-order valence-electron chi connectivity index (χ4n) is 4.40. The fraction of sp³-hybridized carbons (Fsp3) is 0.478. The lowest BCUT2D eigenvalue weighted by Crippen LogP contribution is -2.36. The van der Waals surface area contributed by atoms with Crippen LogP contribution in [0.25, 0.3) is 0 Å². The summed E-state index contributed by atoms with van der Waals surface area (Å²) < 4.78 is 33.2. The Morgan fingerprint density at radius 2 is 1.66 bits per heavy atom. The van der Waals surface area contributed by atoms with E-state index in [1.54, 1.807) is 6.07 Å². The molecule has 2 saturated heterocycles. The molecule has 0 spiro atoms. The second-order valence-electron chi connectivity index (χ2n) is 8.43. The van der Waals surface area contributed by atoms with Gasteiger partial charge in [-0.1, -0.05) is 24.6 Å². The van der Waals surface area contributed by atoms with E-state index in [2.05, 4.69) is 0 Å². The predicted molar refractivity (Wildman–Crippen MR) is 123 cm³/mol. The van der Waals surface area contributed by atoms with E-state index in [-0.39, 0.29) is 10.6 Å². The lowest BCUT2D eigenvalue weighted by atomic mass is 9.97. The second kappa shape index (κ2) is 9.87. The van der Waals surface area contributed by atoms with E-state index in [1.165, 1.54) is 16.4 Å². The molecule has 9 heteroatoms. The molecule has 0 unspecified atom stereocenters. The lowest BCUT2D eigenvalue weighted by Gasteiger charge is -2.33. The number of nitro benzene ring substituents is 1. The van der Waals surface area contributed by atoms with E-state index in [0.717, 1.165) is 37.9 Å². The number of benzene rings is 2. The number of para-hydroxylation sites is 1. The molecule has 2 aromatic carbocycles. The van der Waals surface area contributed by atoms with E-state index >= 15 is 0 Å². The highest BCUT2D eigenvalue weighted by Gasteiger charge is 2.30. The number of sulfonamides is 1. The number of hydrogen-bond acceptors (Lipinski definition) is 6. The molecule has 0 bridgehead atoms. The maximum Gasteiger partial charge on any atom is 0.293 e. The first-order valence-corrected chi connectivity index (χ1v) is 12.6. The first-order chi connectivity index (χ1) is 15.4. The van der Waals surface area contributed by atoms with E-state index in [0.29, 0.717) is 44.4 Å². The van der Waals surface area contributed by atoms with E-state index in [1.807, 2.05) is 35.2 Å². The van der Waals surface area contributed by atoms with E-state index in [9.17, 15) is 18.5 Å². The zero-order chi connectivity index (χ0) is 22.6. The summed E-state index contributed by atoms with van der Waals surface area (Å²) in [7, 11) is -3.71. The summed E-state index contributed by atoms with van der Waals surface area (Å²) in [6, 6.07) is 14.0. The van der Waals surface area contributed by atoms with Gasteiger partial charge in [-0.25, -0.2) is 8.42 Å². The van der Waals surface area contributed by atoms with Gasteiger partial charge in [0.1, 0.15) is 11.4 Å². The third-order valence-electron chi connectivity index (χ3n) is 6.28. The molecule has 0 N–H and O–H groups in total. The molecule has 0 aromatic heterocycles. The zero-order valence-electron chi connectivity index (χ0n) is 18.1. The molecular weight excluding hydrogens is 430 g/mol. The Bertz CT molecular complexity index is 1030. The number of piperidine rings is 2. The van der Waals surface area contributed by atoms with Gasteiger partial charge >= 0.3 is 0 Å². The van der Waals surface area contributed by atoms with Gasteiger partial charge in [0.05, 0.1) is 16.4 Å². The third-order valence-corrected chi connectivity index (χ3v) is 8.18. The third kappa shape index (κ3) is 5.05. The number of nitrogens with zero attached hydrogens (tertiary/aromatic N) is 3. The molecule has 0 atom stereocenters. The molecule has 2 aromatic rings. The summed E-state index contributed by atoms with van der Waals surface area (Å²) in [5.41, 5.74) is 0.331. The molecule has 0 aliphatic carbocycles. The molecule has 2 aliphatic rings. The maximum absolute atomic E-state index is 13.0. The molecule has 0 saturated carbocycles. The second-order valence-corrected chi connectivity index (χ2v) is 10.4. The highest BCUT2D eigenvalue weighted by Crippen LogP contribution is 2.34. The first-order valence-electron chi connectivity index (χ1n) is 11.2. The van der Waals surface area contributed by atoms with Crippen LogP contribution in [0.2, 0.25) is 0 Å². The molecular formula is C23H29N3O5S. The smallest absolute Gasteiger partial charge is 0.293 e. The Labute approximate surface area is 189 Å². The monoisotopic (exact) mass is 459 g/mol. The number of hydrogen-bond donors (Lipinski definition) is 0. The average Bonchev–Trinajstić information content (AvgIpc) is 2.84. The minimum Gasteiger partial charge on any atom is -0.493 e. The van der Waals surface area contributed by atoms with Crippen molar-refractivity contribution in [1.82, 2.24) is 4.31 Å². The molecule has 32 heavy (non-hydrogen) atoms. The molecule has 8 nitrogen and oxygen atoms in total. The van der Waals surface area contributed by atoms with Gasteiger partial charge in [-0.3, -0.25) is 10.1 Å². The fourth-order valence-corrected chi connectivity index (χ4v) is 5.94. The van der Waals surface area contributed by atoms with Crippen molar-refractivity contribution in [2.45, 2.75) is 37.0 Å². The van der Waals surface area contributed by atoms with Gasteiger partial charge in [-0.15, -0.1) is 0 Å². The molecule has 0 radical (unpaired) electrons. The van der Waals surface area contributed by atoms with Crippen LogP contribution in [0.3, 0.4) is 0 Å².